The third-order valence-corrected chi connectivity index (χ3v) is 3.19. The van der Waals surface area contributed by atoms with Gasteiger partial charge in [0.25, 0.3) is 0 Å². The Morgan fingerprint density at radius 2 is 1.75 bits per heavy atom. The molecule has 1 amide bonds. The first-order valence-electron chi connectivity index (χ1n) is 7.35. The smallest absolute Gasteiger partial charge is 0.309 e. The molecule has 0 saturated heterocycles. The van der Waals surface area contributed by atoms with Gasteiger partial charge in [-0.1, -0.05) is 18.2 Å². The van der Waals surface area contributed by atoms with Crippen molar-refractivity contribution in [2.24, 2.45) is 4.99 Å². The molecule has 0 heterocycles. The van der Waals surface area contributed by atoms with E-state index in [1.807, 2.05) is 38.2 Å². The summed E-state index contributed by atoms with van der Waals surface area (Å²) in [6, 6.07) is 12.8. The zero-order chi connectivity index (χ0) is 17.5. The Balaban J connectivity index is 2.25. The molecule has 0 aliphatic heterocycles. The van der Waals surface area contributed by atoms with E-state index in [-0.39, 0.29) is 11.9 Å². The Kier molecular flexibility index (Phi) is 5.53. The number of nitrogens with one attached hydrogen (secondary N) is 2. The van der Waals surface area contributed by atoms with Gasteiger partial charge in [-0.3, -0.25) is 4.79 Å². The normalized spacial score (nSPS) is 10.7. The molecular weight excluding hydrogens is 304 g/mol. The van der Waals surface area contributed by atoms with Gasteiger partial charge in [-0.05, 0) is 49.2 Å². The summed E-state index contributed by atoms with van der Waals surface area (Å²) in [5, 5.41) is 14.0. The first-order valence-corrected chi connectivity index (χ1v) is 7.35. The van der Waals surface area contributed by atoms with E-state index in [1.165, 1.54) is 6.92 Å². The predicted molar refractivity (Wildman–Crippen MR) is 93.1 cm³/mol. The zero-order valence-electron chi connectivity index (χ0n) is 13.8. The fourth-order valence-corrected chi connectivity index (χ4v) is 2.12. The van der Waals surface area contributed by atoms with Gasteiger partial charge in [-0.15, -0.1) is 0 Å². The van der Waals surface area contributed by atoms with Gasteiger partial charge in [0.1, 0.15) is 5.75 Å². The number of aliphatic imine (C=N–C) groups is 1. The summed E-state index contributed by atoms with van der Waals surface area (Å²) >= 11 is 0. The van der Waals surface area contributed by atoms with Crippen molar-refractivity contribution in [3.05, 3.63) is 53.6 Å². The second kappa shape index (κ2) is 7.79. The average molecular weight is 322 g/mol. The van der Waals surface area contributed by atoms with Crippen LogP contribution in [0.2, 0.25) is 0 Å². The van der Waals surface area contributed by atoms with Gasteiger partial charge in [0.05, 0.1) is 5.69 Å². The molecular formula is C18H18N4O2. The number of carbonyl (C=O) groups excluding carboxylic acids is 1. The van der Waals surface area contributed by atoms with Crippen molar-refractivity contribution < 1.29 is 9.53 Å². The average Bonchev–Trinajstić information content (AvgIpc) is 2.52. The van der Waals surface area contributed by atoms with Crippen LogP contribution in [0.4, 0.5) is 11.4 Å². The number of anilines is 1. The van der Waals surface area contributed by atoms with Crippen LogP contribution in [-0.2, 0) is 4.79 Å². The number of carbonyl (C=O) groups is 1. The molecule has 6 nitrogen and oxygen atoms in total. The maximum absolute atomic E-state index is 11.0. The summed E-state index contributed by atoms with van der Waals surface area (Å²) in [6.45, 7) is 5.29. The molecule has 0 saturated carbocycles. The molecule has 0 aromatic heterocycles. The minimum absolute atomic E-state index is 0.0853. The van der Waals surface area contributed by atoms with Crippen molar-refractivity contribution in [3.8, 4) is 11.9 Å². The Hall–Kier alpha value is -3.33. The molecule has 0 spiro atoms. The number of amidine groups is 1. The number of nitrogens with zero attached hydrogens (tertiary/aromatic N) is 2. The fourth-order valence-electron chi connectivity index (χ4n) is 2.12. The highest BCUT2D eigenvalue weighted by Gasteiger charge is 2.08. The lowest BCUT2D eigenvalue weighted by atomic mass is 10.1. The number of hydrogen-bond acceptors (Lipinski definition) is 4. The van der Waals surface area contributed by atoms with Gasteiger partial charge in [0.2, 0.25) is 5.91 Å². The van der Waals surface area contributed by atoms with E-state index in [2.05, 4.69) is 15.6 Å². The largest absolute Gasteiger partial charge is 0.425 e. The summed E-state index contributed by atoms with van der Waals surface area (Å²) in [7, 11) is 0. The van der Waals surface area contributed by atoms with E-state index in [0.717, 1.165) is 11.1 Å². The predicted octanol–water partition coefficient (Wildman–Crippen LogP) is 3.40. The van der Waals surface area contributed by atoms with Crippen molar-refractivity contribution in [1.29, 1.82) is 5.26 Å². The number of hydrogen-bond donors (Lipinski definition) is 2. The van der Waals surface area contributed by atoms with Crippen molar-refractivity contribution in [2.75, 3.05) is 5.32 Å². The van der Waals surface area contributed by atoms with Gasteiger partial charge in [0.15, 0.2) is 6.19 Å². The molecule has 0 unspecified atom stereocenters. The van der Waals surface area contributed by atoms with Crippen molar-refractivity contribution >= 4 is 23.3 Å². The van der Waals surface area contributed by atoms with E-state index >= 15 is 0 Å². The summed E-state index contributed by atoms with van der Waals surface area (Å²) in [5.41, 5.74) is 3.16. The summed E-state index contributed by atoms with van der Waals surface area (Å²) in [6.07, 6.45) is 1.82. The molecule has 2 aromatic carbocycles. The van der Waals surface area contributed by atoms with Crippen LogP contribution >= 0.6 is 0 Å². The van der Waals surface area contributed by atoms with E-state index in [0.29, 0.717) is 17.1 Å². The standard InChI is InChI=1S/C18H18N4O2/c1-12-5-4-6-13(2)17(12)24-18(20-11-19)22-16-9-7-15(8-10-16)21-14(3)23/h4-10H,1-3H3,(H,20,22)(H,21,23). The van der Waals surface area contributed by atoms with E-state index < -0.39 is 0 Å². The quantitative estimate of drug-likeness (QED) is 0.392. The molecule has 122 valence electrons. The monoisotopic (exact) mass is 322 g/mol. The third kappa shape index (κ3) is 4.58. The number of rotatable bonds is 3. The number of amides is 1. The van der Waals surface area contributed by atoms with Gasteiger partial charge in [-0.25, -0.2) is 5.32 Å². The molecule has 0 radical (unpaired) electrons. The third-order valence-electron chi connectivity index (χ3n) is 3.19. The van der Waals surface area contributed by atoms with Crippen LogP contribution in [0.3, 0.4) is 0 Å². The van der Waals surface area contributed by atoms with Gasteiger partial charge in [0, 0.05) is 12.6 Å². The number of nitriles is 1. The Morgan fingerprint density at radius 1 is 1.12 bits per heavy atom. The van der Waals surface area contributed by atoms with Crippen LogP contribution in [0.25, 0.3) is 0 Å². The first-order chi connectivity index (χ1) is 11.5. The maximum atomic E-state index is 11.0. The van der Waals surface area contributed by atoms with Crippen LogP contribution < -0.4 is 15.4 Å². The van der Waals surface area contributed by atoms with Crippen LogP contribution in [0.15, 0.2) is 47.5 Å². The minimum atomic E-state index is -0.142. The van der Waals surface area contributed by atoms with Gasteiger partial charge in [-0.2, -0.15) is 10.3 Å². The number of ether oxygens (including phenoxy) is 1. The highest BCUT2D eigenvalue weighted by molar-refractivity contribution is 5.89. The Bertz CT molecular complexity index is 785. The molecule has 24 heavy (non-hydrogen) atoms. The fraction of sp³-hybridized carbons (Fsp3) is 0.167. The van der Waals surface area contributed by atoms with Crippen molar-refractivity contribution in [1.82, 2.24) is 5.32 Å². The Morgan fingerprint density at radius 3 is 2.29 bits per heavy atom. The number of aryl methyl sites for hydroxylation is 2. The maximum Gasteiger partial charge on any atom is 0.309 e. The molecule has 6 heteroatoms. The van der Waals surface area contributed by atoms with Crippen LogP contribution in [0.1, 0.15) is 18.1 Å². The van der Waals surface area contributed by atoms with Crippen LogP contribution in [-0.4, -0.2) is 11.9 Å². The van der Waals surface area contributed by atoms with Crippen LogP contribution in [0.5, 0.6) is 5.75 Å². The van der Waals surface area contributed by atoms with Crippen LogP contribution in [0, 0.1) is 25.3 Å². The highest BCUT2D eigenvalue weighted by Crippen LogP contribution is 2.23. The molecule has 2 N–H and O–H groups in total. The lowest BCUT2D eigenvalue weighted by Gasteiger charge is -2.12. The molecule has 2 rings (SSSR count). The Labute approximate surface area is 140 Å². The summed E-state index contributed by atoms with van der Waals surface area (Å²) in [4.78, 5) is 15.3. The molecule has 0 atom stereocenters. The topological polar surface area (TPSA) is 86.5 Å². The van der Waals surface area contributed by atoms with E-state index in [9.17, 15) is 4.79 Å². The number of benzene rings is 2. The second-order valence-corrected chi connectivity index (χ2v) is 5.20. The van der Waals surface area contributed by atoms with Gasteiger partial charge >= 0.3 is 6.02 Å². The SMILES string of the molecule is CC(=O)Nc1ccc(N=C(NC#N)Oc2c(C)cccc2C)cc1. The second-order valence-electron chi connectivity index (χ2n) is 5.20. The molecule has 0 bridgehead atoms. The van der Waals surface area contributed by atoms with E-state index in [1.54, 1.807) is 24.3 Å². The van der Waals surface area contributed by atoms with E-state index in [4.69, 9.17) is 10.00 Å². The zero-order valence-corrected chi connectivity index (χ0v) is 13.8. The lowest BCUT2D eigenvalue weighted by molar-refractivity contribution is -0.114. The molecule has 0 aliphatic carbocycles. The van der Waals surface area contributed by atoms with Gasteiger partial charge < -0.3 is 10.1 Å². The van der Waals surface area contributed by atoms with Crippen molar-refractivity contribution in [3.63, 3.8) is 0 Å². The summed E-state index contributed by atoms with van der Waals surface area (Å²) < 4.78 is 5.76. The lowest BCUT2D eigenvalue weighted by Crippen LogP contribution is -2.24. The molecule has 0 aliphatic rings. The number of para-hydroxylation sites is 1. The minimum Gasteiger partial charge on any atom is -0.425 e. The highest BCUT2D eigenvalue weighted by atomic mass is 16.5. The summed E-state index contributed by atoms with van der Waals surface area (Å²) in [5.74, 6) is 0.519. The first kappa shape index (κ1) is 17.0. The van der Waals surface area contributed by atoms with Crippen molar-refractivity contribution in [2.45, 2.75) is 20.8 Å². The molecule has 0 fully saturated rings. The molecule has 2 aromatic rings.